The molecule has 0 fully saturated rings. The number of amides is 2. The van der Waals surface area contributed by atoms with Crippen molar-refractivity contribution in [2.45, 2.75) is 51.4 Å². The number of carbonyl (C=O) groups excluding carboxylic acids is 1. The minimum atomic E-state index is -0.0756. The van der Waals surface area contributed by atoms with Crippen LogP contribution in [0.4, 0.5) is 4.79 Å². The molecule has 3 rings (SSSR count). The molecule has 1 atom stereocenters. The molecule has 0 heterocycles. The molecule has 4 nitrogen and oxygen atoms in total. The zero-order valence-corrected chi connectivity index (χ0v) is 16.9. The molecule has 0 saturated heterocycles. The van der Waals surface area contributed by atoms with Crippen LogP contribution in [0.1, 0.15) is 55.2 Å². The molecule has 0 radical (unpaired) electrons. The number of urea groups is 1. The molecule has 2 N–H and O–H groups in total. The zero-order valence-electron chi connectivity index (χ0n) is 16.9. The van der Waals surface area contributed by atoms with Crippen LogP contribution in [0.3, 0.4) is 0 Å². The van der Waals surface area contributed by atoms with E-state index >= 15 is 0 Å². The first kappa shape index (κ1) is 20.2. The van der Waals surface area contributed by atoms with Crippen molar-refractivity contribution >= 4 is 6.03 Å². The Balaban J connectivity index is 1.41. The van der Waals surface area contributed by atoms with Crippen molar-refractivity contribution in [3.63, 3.8) is 0 Å². The SMILES string of the molecule is CCNC(=O)NCCC1CCc2ccc(OCCCCc3ccccc3)cc21. The summed E-state index contributed by atoms with van der Waals surface area (Å²) in [5, 5.41) is 5.71. The number of rotatable bonds is 10. The maximum atomic E-state index is 11.5. The average molecular weight is 381 g/mol. The predicted octanol–water partition coefficient (Wildman–Crippen LogP) is 4.83. The fourth-order valence-corrected chi connectivity index (χ4v) is 3.90. The third-order valence-corrected chi connectivity index (χ3v) is 5.41. The molecule has 0 bridgehead atoms. The number of nitrogens with one attached hydrogen (secondary N) is 2. The molecule has 1 aliphatic carbocycles. The second-order valence-corrected chi connectivity index (χ2v) is 7.46. The Morgan fingerprint density at radius 3 is 2.79 bits per heavy atom. The normalized spacial score (nSPS) is 15.1. The summed E-state index contributed by atoms with van der Waals surface area (Å²) < 4.78 is 6.01. The highest BCUT2D eigenvalue weighted by molar-refractivity contribution is 5.73. The number of fused-ring (bicyclic) bond motifs is 1. The van der Waals surface area contributed by atoms with E-state index < -0.39 is 0 Å². The Kier molecular flexibility index (Phi) is 7.77. The largest absolute Gasteiger partial charge is 0.494 e. The van der Waals surface area contributed by atoms with Gasteiger partial charge in [-0.15, -0.1) is 0 Å². The summed E-state index contributed by atoms with van der Waals surface area (Å²) in [5.41, 5.74) is 4.23. The number of ether oxygens (including phenoxy) is 1. The van der Waals surface area contributed by atoms with Gasteiger partial charge in [-0.05, 0) is 80.2 Å². The first-order chi connectivity index (χ1) is 13.8. The number of unbranched alkanes of at least 4 members (excludes halogenated alkanes) is 1. The Morgan fingerprint density at radius 2 is 1.96 bits per heavy atom. The van der Waals surface area contributed by atoms with E-state index in [4.69, 9.17) is 4.74 Å². The lowest BCUT2D eigenvalue weighted by atomic mass is 9.97. The van der Waals surface area contributed by atoms with Gasteiger partial charge in [-0.2, -0.15) is 0 Å². The highest BCUT2D eigenvalue weighted by Crippen LogP contribution is 2.37. The first-order valence-corrected chi connectivity index (χ1v) is 10.6. The third kappa shape index (κ3) is 6.01. The van der Waals surface area contributed by atoms with Crippen LogP contribution in [-0.2, 0) is 12.8 Å². The minimum absolute atomic E-state index is 0.0756. The Morgan fingerprint density at radius 1 is 1.11 bits per heavy atom. The van der Waals surface area contributed by atoms with Gasteiger partial charge in [-0.3, -0.25) is 0 Å². The summed E-state index contributed by atoms with van der Waals surface area (Å²) >= 11 is 0. The van der Waals surface area contributed by atoms with Crippen molar-refractivity contribution in [3.05, 3.63) is 65.2 Å². The Labute approximate surface area is 168 Å². The van der Waals surface area contributed by atoms with E-state index in [-0.39, 0.29) is 6.03 Å². The second kappa shape index (κ2) is 10.7. The Hall–Kier alpha value is -2.49. The Bertz CT molecular complexity index is 746. The summed E-state index contributed by atoms with van der Waals surface area (Å²) in [4.78, 5) is 11.5. The van der Waals surface area contributed by atoms with Crippen LogP contribution in [-0.4, -0.2) is 25.7 Å². The minimum Gasteiger partial charge on any atom is -0.494 e. The molecule has 2 amide bonds. The summed E-state index contributed by atoms with van der Waals surface area (Å²) in [6.07, 6.45) is 6.57. The van der Waals surface area contributed by atoms with E-state index in [1.807, 2.05) is 6.92 Å². The molecule has 0 aromatic heterocycles. The second-order valence-electron chi connectivity index (χ2n) is 7.46. The number of hydrogen-bond acceptors (Lipinski definition) is 2. The van der Waals surface area contributed by atoms with E-state index in [2.05, 4.69) is 59.2 Å². The summed E-state index contributed by atoms with van der Waals surface area (Å²) in [7, 11) is 0. The molecule has 4 heteroatoms. The molecule has 2 aromatic rings. The zero-order chi connectivity index (χ0) is 19.6. The lowest BCUT2D eigenvalue weighted by Gasteiger charge is -2.14. The molecular formula is C24H32N2O2. The summed E-state index contributed by atoms with van der Waals surface area (Å²) in [6, 6.07) is 17.1. The van der Waals surface area contributed by atoms with Gasteiger partial charge in [-0.1, -0.05) is 36.4 Å². The fraction of sp³-hybridized carbons (Fsp3) is 0.458. The third-order valence-electron chi connectivity index (χ3n) is 5.41. The van der Waals surface area contributed by atoms with Crippen LogP contribution in [0.15, 0.2) is 48.5 Å². The highest BCUT2D eigenvalue weighted by Gasteiger charge is 2.22. The smallest absolute Gasteiger partial charge is 0.314 e. The highest BCUT2D eigenvalue weighted by atomic mass is 16.5. The lowest BCUT2D eigenvalue weighted by Crippen LogP contribution is -2.36. The number of benzene rings is 2. The molecule has 2 aromatic carbocycles. The summed E-state index contributed by atoms with van der Waals surface area (Å²) in [5.74, 6) is 1.49. The molecule has 0 saturated carbocycles. The van der Waals surface area contributed by atoms with Gasteiger partial charge in [0.1, 0.15) is 5.75 Å². The van der Waals surface area contributed by atoms with E-state index in [9.17, 15) is 4.79 Å². The molecule has 1 aliphatic rings. The van der Waals surface area contributed by atoms with Gasteiger partial charge in [0.15, 0.2) is 0 Å². The van der Waals surface area contributed by atoms with E-state index in [0.717, 1.165) is 50.9 Å². The van der Waals surface area contributed by atoms with Gasteiger partial charge < -0.3 is 15.4 Å². The van der Waals surface area contributed by atoms with Gasteiger partial charge in [0.05, 0.1) is 6.61 Å². The maximum absolute atomic E-state index is 11.5. The van der Waals surface area contributed by atoms with Gasteiger partial charge in [0.25, 0.3) is 0 Å². The van der Waals surface area contributed by atoms with Crippen LogP contribution in [0.2, 0.25) is 0 Å². The number of aryl methyl sites for hydroxylation is 2. The van der Waals surface area contributed by atoms with Crippen molar-refractivity contribution in [2.75, 3.05) is 19.7 Å². The standard InChI is InChI=1S/C24H32N2O2/c1-2-25-24(27)26-16-15-21-12-11-20-13-14-22(18-23(20)21)28-17-7-6-10-19-8-4-3-5-9-19/h3-5,8-9,13-14,18,21H,2,6-7,10-12,15-17H2,1H3,(H2,25,26,27). The van der Waals surface area contributed by atoms with Gasteiger partial charge in [0, 0.05) is 13.1 Å². The van der Waals surface area contributed by atoms with Crippen LogP contribution < -0.4 is 15.4 Å². The monoisotopic (exact) mass is 380 g/mol. The van der Waals surface area contributed by atoms with Crippen LogP contribution in [0.5, 0.6) is 5.75 Å². The number of hydrogen-bond donors (Lipinski definition) is 2. The topological polar surface area (TPSA) is 50.4 Å². The van der Waals surface area contributed by atoms with E-state index in [1.54, 1.807) is 0 Å². The van der Waals surface area contributed by atoms with Crippen LogP contribution in [0.25, 0.3) is 0 Å². The van der Waals surface area contributed by atoms with E-state index in [0.29, 0.717) is 19.0 Å². The van der Waals surface area contributed by atoms with Crippen LogP contribution in [0, 0.1) is 0 Å². The molecule has 0 spiro atoms. The maximum Gasteiger partial charge on any atom is 0.314 e. The van der Waals surface area contributed by atoms with E-state index in [1.165, 1.54) is 16.7 Å². The average Bonchev–Trinajstić information content (AvgIpc) is 3.11. The number of carbonyl (C=O) groups is 1. The fourth-order valence-electron chi connectivity index (χ4n) is 3.90. The van der Waals surface area contributed by atoms with Crippen molar-refractivity contribution in [3.8, 4) is 5.75 Å². The first-order valence-electron chi connectivity index (χ1n) is 10.6. The molecule has 0 aliphatic heterocycles. The molecular weight excluding hydrogens is 348 g/mol. The van der Waals surface area contributed by atoms with Gasteiger partial charge >= 0.3 is 6.03 Å². The summed E-state index contributed by atoms with van der Waals surface area (Å²) in [6.45, 7) is 4.05. The van der Waals surface area contributed by atoms with Gasteiger partial charge in [0.2, 0.25) is 0 Å². The molecule has 28 heavy (non-hydrogen) atoms. The lowest BCUT2D eigenvalue weighted by molar-refractivity contribution is 0.241. The van der Waals surface area contributed by atoms with Gasteiger partial charge in [-0.25, -0.2) is 4.79 Å². The van der Waals surface area contributed by atoms with Crippen molar-refractivity contribution < 1.29 is 9.53 Å². The molecule has 150 valence electrons. The van der Waals surface area contributed by atoms with Crippen molar-refractivity contribution in [1.82, 2.24) is 10.6 Å². The molecule has 1 unspecified atom stereocenters. The van der Waals surface area contributed by atoms with Crippen molar-refractivity contribution in [1.29, 1.82) is 0 Å². The predicted molar refractivity (Wildman–Crippen MR) is 114 cm³/mol. The van der Waals surface area contributed by atoms with Crippen LogP contribution >= 0.6 is 0 Å². The van der Waals surface area contributed by atoms with Crippen molar-refractivity contribution in [2.24, 2.45) is 0 Å². The quantitative estimate of drug-likeness (QED) is 0.580.